The fourth-order valence-corrected chi connectivity index (χ4v) is 10.2. The van der Waals surface area contributed by atoms with Gasteiger partial charge in [-0.3, -0.25) is 19.3 Å². The Kier molecular flexibility index (Phi) is 5.50. The van der Waals surface area contributed by atoms with Crippen LogP contribution in [0.25, 0.3) is 0 Å². The van der Waals surface area contributed by atoms with Gasteiger partial charge in [0.25, 0.3) is 0 Å². The number of thiazole rings is 1. The minimum atomic E-state index is -0.561. The maximum absolute atomic E-state index is 13.4. The Hall–Kier alpha value is -2.37. The molecule has 3 fully saturated rings. The van der Waals surface area contributed by atoms with Crippen molar-refractivity contribution in [3.05, 3.63) is 32.6 Å². The first-order valence-electron chi connectivity index (χ1n) is 11.6. The SMILES string of the molecule is CCOC(=O)CN1C(=O)C2C3CC(C2C1=O)C1C(c2ccc(OC)c(O)c2)c2sc(=S)[nH]c2SC31. The number of hydrogen-bond acceptors (Lipinski definition) is 9. The summed E-state index contributed by atoms with van der Waals surface area (Å²) in [6.07, 6.45) is 0.802. The molecule has 2 amide bonds. The molecule has 11 heteroatoms. The number of carbonyl (C=O) groups excluding carboxylic acids is 3. The molecule has 4 aliphatic rings. The Morgan fingerprint density at radius 1 is 1.26 bits per heavy atom. The highest BCUT2D eigenvalue weighted by Crippen LogP contribution is 2.68. The first-order chi connectivity index (χ1) is 16.8. The van der Waals surface area contributed by atoms with E-state index in [4.69, 9.17) is 21.7 Å². The van der Waals surface area contributed by atoms with Crippen molar-refractivity contribution in [2.75, 3.05) is 20.3 Å². The number of phenols is 1. The molecular formula is C24H24N2O6S3. The molecule has 1 aromatic heterocycles. The van der Waals surface area contributed by atoms with Crippen LogP contribution in [0.1, 0.15) is 29.7 Å². The van der Waals surface area contributed by atoms with Crippen LogP contribution in [-0.4, -0.2) is 58.3 Å². The summed E-state index contributed by atoms with van der Waals surface area (Å²) < 4.78 is 10.9. The number of H-pyrrole nitrogens is 1. The van der Waals surface area contributed by atoms with Gasteiger partial charge in [-0.2, -0.15) is 0 Å². The largest absolute Gasteiger partial charge is 0.504 e. The number of carbonyl (C=O) groups is 3. The Morgan fingerprint density at radius 3 is 2.69 bits per heavy atom. The van der Waals surface area contributed by atoms with Crippen molar-refractivity contribution in [2.45, 2.75) is 29.5 Å². The van der Waals surface area contributed by atoms with Crippen molar-refractivity contribution < 1.29 is 29.0 Å². The zero-order valence-electron chi connectivity index (χ0n) is 19.1. The molecule has 2 N–H and O–H groups in total. The smallest absolute Gasteiger partial charge is 0.326 e. The van der Waals surface area contributed by atoms with Gasteiger partial charge in [0.2, 0.25) is 11.8 Å². The number of esters is 1. The van der Waals surface area contributed by atoms with E-state index in [0.29, 0.717) is 9.70 Å². The number of hydrogen-bond donors (Lipinski definition) is 2. The second kappa shape index (κ2) is 8.35. The number of thioether (sulfide) groups is 1. The molecule has 2 saturated carbocycles. The molecule has 0 spiro atoms. The maximum Gasteiger partial charge on any atom is 0.326 e. The third kappa shape index (κ3) is 3.31. The van der Waals surface area contributed by atoms with E-state index in [9.17, 15) is 19.5 Å². The van der Waals surface area contributed by atoms with Gasteiger partial charge in [-0.15, -0.1) is 23.1 Å². The fourth-order valence-electron chi connectivity index (χ4n) is 6.84. The van der Waals surface area contributed by atoms with Crippen LogP contribution in [0.2, 0.25) is 0 Å². The summed E-state index contributed by atoms with van der Waals surface area (Å²) in [7, 11) is 1.51. The number of aromatic nitrogens is 1. The first kappa shape index (κ1) is 23.1. The third-order valence-electron chi connectivity index (χ3n) is 7.97. The summed E-state index contributed by atoms with van der Waals surface area (Å²) in [5, 5.41) is 11.7. The van der Waals surface area contributed by atoms with Crippen molar-refractivity contribution in [2.24, 2.45) is 29.6 Å². The molecule has 8 nitrogen and oxygen atoms in total. The lowest BCUT2D eigenvalue weighted by Gasteiger charge is -2.43. The first-order valence-corrected chi connectivity index (χ1v) is 13.7. The van der Waals surface area contributed by atoms with Gasteiger partial charge in [0.1, 0.15) is 6.54 Å². The van der Waals surface area contributed by atoms with Crippen molar-refractivity contribution in [3.63, 3.8) is 0 Å². The second-order valence-corrected chi connectivity index (χ2v) is 12.4. The number of aromatic hydroxyl groups is 1. The van der Waals surface area contributed by atoms with Crippen LogP contribution in [0, 0.1) is 33.5 Å². The van der Waals surface area contributed by atoms with E-state index in [1.807, 2.05) is 6.07 Å². The van der Waals surface area contributed by atoms with E-state index in [1.165, 1.54) is 18.4 Å². The highest BCUT2D eigenvalue weighted by molar-refractivity contribution is 8.00. The zero-order chi connectivity index (χ0) is 24.6. The minimum absolute atomic E-state index is 0.00390. The summed E-state index contributed by atoms with van der Waals surface area (Å²) in [6, 6.07) is 5.45. The van der Waals surface area contributed by atoms with Gasteiger partial charge in [-0.1, -0.05) is 6.07 Å². The van der Waals surface area contributed by atoms with Crippen molar-refractivity contribution in [1.82, 2.24) is 9.88 Å². The van der Waals surface area contributed by atoms with Gasteiger partial charge >= 0.3 is 5.97 Å². The molecule has 7 unspecified atom stereocenters. The highest BCUT2D eigenvalue weighted by Gasteiger charge is 2.69. The number of ether oxygens (including phenoxy) is 2. The number of fused-ring (bicyclic) bond motifs is 9. The van der Waals surface area contributed by atoms with E-state index in [-0.39, 0.29) is 59.6 Å². The number of aromatic amines is 1. The number of nitrogens with one attached hydrogen (secondary N) is 1. The van der Waals surface area contributed by atoms with E-state index in [0.717, 1.165) is 26.8 Å². The molecule has 0 radical (unpaired) electrons. The number of imide groups is 1. The van der Waals surface area contributed by atoms with Crippen molar-refractivity contribution >= 4 is 53.1 Å². The van der Waals surface area contributed by atoms with E-state index in [2.05, 4.69) is 4.98 Å². The predicted octanol–water partition coefficient (Wildman–Crippen LogP) is 3.56. The van der Waals surface area contributed by atoms with Gasteiger partial charge in [0.05, 0.1) is 30.6 Å². The van der Waals surface area contributed by atoms with Crippen LogP contribution >= 0.6 is 35.3 Å². The van der Waals surface area contributed by atoms with Crippen LogP contribution in [-0.2, 0) is 19.1 Å². The Morgan fingerprint density at radius 2 is 2.00 bits per heavy atom. The lowest BCUT2D eigenvalue weighted by atomic mass is 9.68. The Balaban J connectivity index is 1.40. The van der Waals surface area contributed by atoms with Crippen LogP contribution in [0.4, 0.5) is 0 Å². The lowest BCUT2D eigenvalue weighted by Crippen LogP contribution is -2.42. The number of likely N-dealkylation sites (tertiary alicyclic amines) is 1. The number of methoxy groups -OCH3 is 1. The molecular weight excluding hydrogens is 508 g/mol. The number of amides is 2. The fraction of sp³-hybridized carbons (Fsp3) is 0.500. The quantitative estimate of drug-likeness (QED) is 0.342. The number of nitrogens with zero attached hydrogens (tertiary/aromatic N) is 1. The van der Waals surface area contributed by atoms with Crippen LogP contribution in [0.3, 0.4) is 0 Å². The van der Waals surface area contributed by atoms with Crippen molar-refractivity contribution in [3.8, 4) is 11.5 Å². The monoisotopic (exact) mass is 532 g/mol. The normalized spacial score (nSPS) is 32.4. The molecule has 6 rings (SSSR count). The van der Waals surface area contributed by atoms with Gasteiger partial charge in [0.15, 0.2) is 15.5 Å². The molecule has 2 bridgehead atoms. The summed E-state index contributed by atoms with van der Waals surface area (Å²) in [5.41, 5.74) is 0.939. The highest BCUT2D eigenvalue weighted by atomic mass is 32.2. The maximum atomic E-state index is 13.4. The molecule has 1 aromatic carbocycles. The number of rotatable bonds is 5. The van der Waals surface area contributed by atoms with Gasteiger partial charge < -0.3 is 19.6 Å². The van der Waals surface area contributed by atoms with Crippen LogP contribution in [0.15, 0.2) is 23.2 Å². The molecule has 7 atom stereocenters. The topological polar surface area (TPSA) is 109 Å². The number of phenolic OH excluding ortho intramolecular Hbond substituents is 1. The molecule has 1 saturated heterocycles. The summed E-state index contributed by atoms with van der Waals surface area (Å²) in [6.45, 7) is 1.58. The molecule has 35 heavy (non-hydrogen) atoms. The summed E-state index contributed by atoms with van der Waals surface area (Å²) in [4.78, 5) is 44.4. The van der Waals surface area contributed by atoms with Gasteiger partial charge in [-0.25, -0.2) is 0 Å². The lowest BCUT2D eigenvalue weighted by molar-refractivity contribution is -0.153. The summed E-state index contributed by atoms with van der Waals surface area (Å²) in [5.74, 6) is -1.35. The molecule has 2 aromatic rings. The van der Waals surface area contributed by atoms with Crippen molar-refractivity contribution in [1.29, 1.82) is 0 Å². The number of benzene rings is 1. The average Bonchev–Trinajstić information content (AvgIpc) is 3.55. The Labute approximate surface area is 215 Å². The van der Waals surface area contributed by atoms with Crippen LogP contribution < -0.4 is 4.74 Å². The van der Waals surface area contributed by atoms with E-state index < -0.39 is 17.8 Å². The molecule has 184 valence electrons. The standard InChI is InChI=1S/C24H24N2O6S3/c1-3-32-14(28)8-26-22(29)17-10-7-11(18(17)23(26)30)19-16(10)15(20-21(34-19)25-24(33)35-20)9-4-5-13(31-2)12(27)6-9/h4-6,10-11,15-19,27H,3,7-8H2,1-2H3,(H,25,33). The molecule has 2 aliphatic carbocycles. The van der Waals surface area contributed by atoms with Gasteiger partial charge in [-0.05, 0) is 61.0 Å². The van der Waals surface area contributed by atoms with E-state index in [1.54, 1.807) is 30.8 Å². The van der Waals surface area contributed by atoms with Gasteiger partial charge in [0, 0.05) is 16.0 Å². The predicted molar refractivity (Wildman–Crippen MR) is 131 cm³/mol. The Bertz CT molecular complexity index is 1300. The zero-order valence-corrected chi connectivity index (χ0v) is 21.5. The molecule has 3 heterocycles. The average molecular weight is 533 g/mol. The van der Waals surface area contributed by atoms with E-state index >= 15 is 0 Å². The summed E-state index contributed by atoms with van der Waals surface area (Å²) >= 11 is 8.72. The third-order valence-corrected chi connectivity index (χ3v) is 10.9. The molecule has 2 aliphatic heterocycles. The minimum Gasteiger partial charge on any atom is -0.504 e. The van der Waals surface area contributed by atoms with Crippen LogP contribution in [0.5, 0.6) is 11.5 Å². The second-order valence-electron chi connectivity index (χ2n) is 9.46.